The highest BCUT2D eigenvalue weighted by Crippen LogP contribution is 2.15. The number of amides is 1. The van der Waals surface area contributed by atoms with Crippen LogP contribution in [-0.4, -0.2) is 18.5 Å². The van der Waals surface area contributed by atoms with Crippen LogP contribution in [0, 0.1) is 5.92 Å². The van der Waals surface area contributed by atoms with E-state index >= 15 is 0 Å². The van der Waals surface area contributed by atoms with Gasteiger partial charge in [0.05, 0.1) is 6.04 Å². The van der Waals surface area contributed by atoms with Crippen molar-refractivity contribution >= 4 is 5.91 Å². The number of hydrogen-bond acceptors (Lipinski definition) is 2. The number of benzene rings is 1. The van der Waals surface area contributed by atoms with Crippen molar-refractivity contribution in [2.24, 2.45) is 5.92 Å². The Morgan fingerprint density at radius 2 is 1.67 bits per heavy atom. The Kier molecular flexibility index (Phi) is 7.44. The van der Waals surface area contributed by atoms with Crippen molar-refractivity contribution in [3.63, 3.8) is 0 Å². The minimum atomic E-state index is 0.0599. The first kappa shape index (κ1) is 17.7. The molecule has 21 heavy (non-hydrogen) atoms. The van der Waals surface area contributed by atoms with E-state index in [0.29, 0.717) is 18.4 Å². The highest BCUT2D eigenvalue weighted by atomic mass is 16.1. The van der Waals surface area contributed by atoms with Crippen molar-refractivity contribution in [3.05, 3.63) is 35.4 Å². The molecule has 0 aliphatic heterocycles. The molecule has 3 nitrogen and oxygen atoms in total. The zero-order valence-corrected chi connectivity index (χ0v) is 14.1. The fraction of sp³-hybridized carbons (Fsp3) is 0.611. The molecule has 0 aromatic heterocycles. The van der Waals surface area contributed by atoms with Crippen LogP contribution in [0.4, 0.5) is 0 Å². The summed E-state index contributed by atoms with van der Waals surface area (Å²) in [6.45, 7) is 11.4. The molecule has 0 spiro atoms. The van der Waals surface area contributed by atoms with Gasteiger partial charge in [-0.2, -0.15) is 0 Å². The quantitative estimate of drug-likeness (QED) is 0.770. The van der Waals surface area contributed by atoms with E-state index in [1.807, 2.05) is 6.92 Å². The number of hydrogen-bond donors (Lipinski definition) is 2. The van der Waals surface area contributed by atoms with Crippen LogP contribution < -0.4 is 10.6 Å². The molecule has 0 heterocycles. The van der Waals surface area contributed by atoms with Crippen molar-refractivity contribution in [1.82, 2.24) is 10.6 Å². The summed E-state index contributed by atoms with van der Waals surface area (Å²) < 4.78 is 0. The van der Waals surface area contributed by atoms with Crippen LogP contribution in [0.25, 0.3) is 0 Å². The van der Waals surface area contributed by atoms with E-state index in [-0.39, 0.29) is 11.9 Å². The summed E-state index contributed by atoms with van der Waals surface area (Å²) in [7, 11) is 0. The van der Waals surface area contributed by atoms with Gasteiger partial charge >= 0.3 is 0 Å². The maximum Gasteiger partial charge on any atom is 0.221 e. The molecule has 0 radical (unpaired) electrons. The second-order valence-corrected chi connectivity index (χ2v) is 6.49. The highest BCUT2D eigenvalue weighted by molar-refractivity contribution is 5.76. The van der Waals surface area contributed by atoms with E-state index in [4.69, 9.17) is 0 Å². The summed E-state index contributed by atoms with van der Waals surface area (Å²) in [5.41, 5.74) is 2.51. The SMILES string of the molecule is CC(C)Cc1ccc(C(C)NC(=O)CCNC(C)C)cc1. The first-order chi connectivity index (χ1) is 9.88. The first-order valence-corrected chi connectivity index (χ1v) is 8.00. The van der Waals surface area contributed by atoms with E-state index in [1.165, 1.54) is 5.56 Å². The second-order valence-electron chi connectivity index (χ2n) is 6.49. The lowest BCUT2D eigenvalue weighted by Gasteiger charge is -2.16. The van der Waals surface area contributed by atoms with E-state index in [2.05, 4.69) is 62.6 Å². The van der Waals surface area contributed by atoms with Crippen LogP contribution in [0.15, 0.2) is 24.3 Å². The van der Waals surface area contributed by atoms with Gasteiger partial charge < -0.3 is 10.6 Å². The normalized spacial score (nSPS) is 12.7. The Bertz CT molecular complexity index is 423. The molecule has 3 heteroatoms. The van der Waals surface area contributed by atoms with E-state index < -0.39 is 0 Å². The fourth-order valence-corrected chi connectivity index (χ4v) is 2.29. The Hall–Kier alpha value is -1.35. The second kappa shape index (κ2) is 8.83. The number of nitrogens with one attached hydrogen (secondary N) is 2. The summed E-state index contributed by atoms with van der Waals surface area (Å²) >= 11 is 0. The van der Waals surface area contributed by atoms with Gasteiger partial charge in [-0.1, -0.05) is 52.0 Å². The molecule has 1 amide bonds. The largest absolute Gasteiger partial charge is 0.350 e. The fourth-order valence-electron chi connectivity index (χ4n) is 2.29. The number of carbonyl (C=O) groups excluding carboxylic acids is 1. The van der Waals surface area contributed by atoms with Crippen LogP contribution in [0.1, 0.15) is 58.2 Å². The lowest BCUT2D eigenvalue weighted by atomic mass is 10.00. The molecule has 118 valence electrons. The van der Waals surface area contributed by atoms with Gasteiger partial charge in [-0.3, -0.25) is 4.79 Å². The van der Waals surface area contributed by atoms with Crippen LogP contribution >= 0.6 is 0 Å². The summed E-state index contributed by atoms with van der Waals surface area (Å²) in [5, 5.41) is 6.31. The lowest BCUT2D eigenvalue weighted by Crippen LogP contribution is -2.31. The molecule has 0 bridgehead atoms. The lowest BCUT2D eigenvalue weighted by molar-refractivity contribution is -0.121. The van der Waals surface area contributed by atoms with Crippen molar-refractivity contribution in [2.45, 2.75) is 59.5 Å². The van der Waals surface area contributed by atoms with Gasteiger partial charge in [-0.15, -0.1) is 0 Å². The predicted octanol–water partition coefficient (Wildman–Crippen LogP) is 3.45. The molecular formula is C18H30N2O. The Labute approximate surface area is 129 Å². The third kappa shape index (κ3) is 7.28. The van der Waals surface area contributed by atoms with Crippen LogP contribution in [0.2, 0.25) is 0 Å². The molecule has 0 aliphatic carbocycles. The average Bonchev–Trinajstić information content (AvgIpc) is 2.38. The van der Waals surface area contributed by atoms with Gasteiger partial charge in [0, 0.05) is 19.0 Å². The molecule has 1 atom stereocenters. The summed E-state index contributed by atoms with van der Waals surface area (Å²) in [6, 6.07) is 9.05. The van der Waals surface area contributed by atoms with Crippen LogP contribution in [-0.2, 0) is 11.2 Å². The van der Waals surface area contributed by atoms with Gasteiger partial charge in [0.25, 0.3) is 0 Å². The number of carbonyl (C=O) groups is 1. The van der Waals surface area contributed by atoms with E-state index in [9.17, 15) is 4.79 Å². The zero-order chi connectivity index (χ0) is 15.8. The molecule has 0 saturated heterocycles. The van der Waals surface area contributed by atoms with Crippen molar-refractivity contribution < 1.29 is 4.79 Å². The van der Waals surface area contributed by atoms with Crippen molar-refractivity contribution in [2.75, 3.05) is 6.54 Å². The third-order valence-corrected chi connectivity index (χ3v) is 3.41. The van der Waals surface area contributed by atoms with Crippen molar-refractivity contribution in [3.8, 4) is 0 Å². The molecule has 1 aromatic carbocycles. The Morgan fingerprint density at radius 3 is 2.19 bits per heavy atom. The number of rotatable bonds is 8. The molecule has 1 unspecified atom stereocenters. The van der Waals surface area contributed by atoms with Gasteiger partial charge in [-0.25, -0.2) is 0 Å². The average molecular weight is 290 g/mol. The molecular weight excluding hydrogens is 260 g/mol. The Morgan fingerprint density at radius 1 is 1.05 bits per heavy atom. The standard InChI is InChI=1S/C18H30N2O/c1-13(2)12-16-6-8-17(9-7-16)15(5)20-18(21)10-11-19-14(3)4/h6-9,13-15,19H,10-12H2,1-5H3,(H,20,21). The van der Waals surface area contributed by atoms with Gasteiger partial charge in [-0.05, 0) is 30.4 Å². The molecule has 1 aromatic rings. The summed E-state index contributed by atoms with van der Waals surface area (Å²) in [5.74, 6) is 0.767. The molecule has 0 fully saturated rings. The van der Waals surface area contributed by atoms with E-state index in [0.717, 1.165) is 18.5 Å². The minimum absolute atomic E-state index is 0.0599. The third-order valence-electron chi connectivity index (χ3n) is 3.41. The molecule has 0 aliphatic rings. The van der Waals surface area contributed by atoms with Crippen molar-refractivity contribution in [1.29, 1.82) is 0 Å². The molecule has 0 saturated carbocycles. The van der Waals surface area contributed by atoms with Crippen LogP contribution in [0.3, 0.4) is 0 Å². The first-order valence-electron chi connectivity index (χ1n) is 8.00. The molecule has 1 rings (SSSR count). The Balaban J connectivity index is 2.44. The smallest absolute Gasteiger partial charge is 0.221 e. The van der Waals surface area contributed by atoms with Crippen LogP contribution in [0.5, 0.6) is 0 Å². The topological polar surface area (TPSA) is 41.1 Å². The summed E-state index contributed by atoms with van der Waals surface area (Å²) in [6.07, 6.45) is 1.62. The predicted molar refractivity (Wildman–Crippen MR) is 89.3 cm³/mol. The maximum absolute atomic E-state index is 11.9. The highest BCUT2D eigenvalue weighted by Gasteiger charge is 2.09. The molecule has 2 N–H and O–H groups in total. The van der Waals surface area contributed by atoms with Gasteiger partial charge in [0.15, 0.2) is 0 Å². The van der Waals surface area contributed by atoms with E-state index in [1.54, 1.807) is 0 Å². The monoisotopic (exact) mass is 290 g/mol. The van der Waals surface area contributed by atoms with Gasteiger partial charge in [0.1, 0.15) is 0 Å². The maximum atomic E-state index is 11.9. The summed E-state index contributed by atoms with van der Waals surface area (Å²) in [4.78, 5) is 11.9. The minimum Gasteiger partial charge on any atom is -0.350 e. The van der Waals surface area contributed by atoms with Gasteiger partial charge in [0.2, 0.25) is 5.91 Å². The zero-order valence-electron chi connectivity index (χ0n) is 14.1.